The summed E-state index contributed by atoms with van der Waals surface area (Å²) in [6.45, 7) is 0. The van der Waals surface area contributed by atoms with Crippen molar-refractivity contribution < 1.29 is 0 Å². The van der Waals surface area contributed by atoms with Gasteiger partial charge in [-0.2, -0.15) is 4.99 Å². The molecule has 0 amide bonds. The Morgan fingerprint density at radius 2 is 1.14 bits per heavy atom. The lowest BCUT2D eigenvalue weighted by Crippen LogP contribution is -2.31. The van der Waals surface area contributed by atoms with Gasteiger partial charge in [-0.1, -0.05) is 84.6 Å². The predicted octanol–water partition coefficient (Wildman–Crippen LogP) is 8.11. The summed E-state index contributed by atoms with van der Waals surface area (Å²) in [5, 5.41) is 2.17. The van der Waals surface area contributed by atoms with Crippen molar-refractivity contribution in [1.82, 2.24) is 0 Å². The molecule has 1 aliphatic heterocycles. The Labute approximate surface area is 219 Å². The van der Waals surface area contributed by atoms with E-state index in [2.05, 4.69) is 17.0 Å². The minimum absolute atomic E-state index is 0.657. The molecule has 1 fully saturated rings. The van der Waals surface area contributed by atoms with E-state index in [0.717, 1.165) is 38.8 Å². The fourth-order valence-electron chi connectivity index (χ4n) is 3.47. The molecule has 1 heterocycles. The molecular weight excluding hydrogens is 482 g/mol. The Bertz CT molecular complexity index is 1420. The zero-order valence-electron chi connectivity index (χ0n) is 19.6. The van der Waals surface area contributed by atoms with E-state index in [4.69, 9.17) is 20.0 Å². The van der Waals surface area contributed by atoms with Crippen LogP contribution in [-0.2, 0) is 0 Å². The molecule has 5 nitrogen and oxygen atoms in total. The number of hydrogen-bond acceptors (Lipinski definition) is 5. The van der Waals surface area contributed by atoms with Gasteiger partial charge in [-0.05, 0) is 66.5 Å². The lowest BCUT2D eigenvalue weighted by atomic mass is 10.3. The fraction of sp³-hybridized carbons (Fsp3) is 0.0345. The van der Waals surface area contributed by atoms with Crippen LogP contribution in [0.25, 0.3) is 0 Å². The molecule has 0 saturated carbocycles. The smallest absolute Gasteiger partial charge is 0.190 e. The number of anilines is 1. The molecule has 7 heteroatoms. The lowest BCUT2D eigenvalue weighted by molar-refractivity contribution is 1.40. The maximum atomic E-state index is 5.02. The summed E-state index contributed by atoms with van der Waals surface area (Å²) in [4.78, 5) is 21.8. The Morgan fingerprint density at radius 1 is 0.639 bits per heavy atom. The summed E-state index contributed by atoms with van der Waals surface area (Å²) >= 11 is 2.99. The quantitative estimate of drug-likeness (QED) is 0.208. The fourth-order valence-corrected chi connectivity index (χ4v) is 4.87. The zero-order valence-corrected chi connectivity index (χ0v) is 21.2. The maximum Gasteiger partial charge on any atom is 0.190 e. The van der Waals surface area contributed by atoms with Crippen molar-refractivity contribution in [2.45, 2.75) is 0 Å². The van der Waals surface area contributed by atoms with Gasteiger partial charge < -0.3 is 0 Å². The van der Waals surface area contributed by atoms with E-state index in [9.17, 15) is 0 Å². The molecule has 176 valence electrons. The van der Waals surface area contributed by atoms with Gasteiger partial charge in [-0.25, -0.2) is 15.0 Å². The second-order valence-electron chi connectivity index (χ2n) is 7.62. The highest BCUT2D eigenvalue weighted by molar-refractivity contribution is 8.29. The number of thioether (sulfide) groups is 2. The SMILES string of the molecule is CSC(=Nc1ccccc1)/N=C1\SC(=Nc2ccccc2)C(=Nc2ccccc2)N1c1ccccc1. The molecule has 0 aliphatic carbocycles. The van der Waals surface area contributed by atoms with Crippen LogP contribution in [0.2, 0.25) is 0 Å². The molecule has 1 saturated heterocycles. The van der Waals surface area contributed by atoms with Crippen molar-refractivity contribution in [2.75, 3.05) is 11.2 Å². The van der Waals surface area contributed by atoms with Gasteiger partial charge in [0.25, 0.3) is 0 Å². The standard InChI is InChI=1S/C29H23N5S2/c1-35-28(32-24-18-10-4-11-19-24)33-29-34(25-20-12-5-13-21-25)26(30-22-14-6-2-7-15-22)27(36-29)31-23-16-8-3-9-17-23/h2-21H,1H3/b30-26?,31-27?,32-28?,33-29-. The van der Waals surface area contributed by atoms with Crippen LogP contribution in [0.1, 0.15) is 0 Å². The van der Waals surface area contributed by atoms with Crippen LogP contribution in [0.4, 0.5) is 22.7 Å². The van der Waals surface area contributed by atoms with Crippen LogP contribution in [0.3, 0.4) is 0 Å². The molecule has 0 spiro atoms. The van der Waals surface area contributed by atoms with Gasteiger partial charge in [-0.3, -0.25) is 4.90 Å². The monoisotopic (exact) mass is 505 g/mol. The summed E-state index contributed by atoms with van der Waals surface area (Å²) < 4.78 is 0. The number of para-hydroxylation sites is 4. The van der Waals surface area contributed by atoms with E-state index in [-0.39, 0.29) is 0 Å². The largest absolute Gasteiger partial charge is 0.271 e. The number of hydrogen-bond donors (Lipinski definition) is 0. The number of aliphatic imine (C=N–C) groups is 4. The van der Waals surface area contributed by atoms with Crippen molar-refractivity contribution in [2.24, 2.45) is 20.0 Å². The number of nitrogens with zero attached hydrogens (tertiary/aromatic N) is 5. The Morgan fingerprint density at radius 3 is 1.69 bits per heavy atom. The normalized spacial score (nSPS) is 17.3. The summed E-state index contributed by atoms with van der Waals surface area (Å²) in [5.74, 6) is 0.722. The molecule has 0 N–H and O–H groups in total. The van der Waals surface area contributed by atoms with Crippen LogP contribution < -0.4 is 4.90 Å². The molecule has 0 aromatic heterocycles. The highest BCUT2D eigenvalue weighted by Crippen LogP contribution is 2.33. The predicted molar refractivity (Wildman–Crippen MR) is 158 cm³/mol. The number of amidine groups is 3. The summed E-state index contributed by atoms with van der Waals surface area (Å²) in [6, 6.07) is 39.8. The van der Waals surface area contributed by atoms with Crippen molar-refractivity contribution in [3.05, 3.63) is 121 Å². The van der Waals surface area contributed by atoms with E-state index in [1.54, 1.807) is 0 Å². The number of rotatable bonds is 4. The van der Waals surface area contributed by atoms with Crippen LogP contribution in [0.5, 0.6) is 0 Å². The summed E-state index contributed by atoms with van der Waals surface area (Å²) in [5.41, 5.74) is 3.52. The van der Waals surface area contributed by atoms with Gasteiger partial charge in [0.05, 0.1) is 17.1 Å². The van der Waals surface area contributed by atoms with Crippen LogP contribution in [0.15, 0.2) is 141 Å². The van der Waals surface area contributed by atoms with Crippen LogP contribution in [0, 0.1) is 0 Å². The Kier molecular flexibility index (Phi) is 7.70. The second kappa shape index (κ2) is 11.7. The first-order chi connectivity index (χ1) is 17.8. The van der Waals surface area contributed by atoms with Gasteiger partial charge in [0, 0.05) is 5.69 Å². The van der Waals surface area contributed by atoms with Gasteiger partial charge in [0.2, 0.25) is 0 Å². The van der Waals surface area contributed by atoms with Gasteiger partial charge in [-0.15, -0.1) is 0 Å². The summed E-state index contributed by atoms with van der Waals surface area (Å²) in [7, 11) is 0. The van der Waals surface area contributed by atoms with Gasteiger partial charge in [0.15, 0.2) is 16.2 Å². The average molecular weight is 506 g/mol. The van der Waals surface area contributed by atoms with Crippen molar-refractivity contribution in [1.29, 1.82) is 0 Å². The minimum atomic E-state index is 0.657. The van der Waals surface area contributed by atoms with E-state index >= 15 is 0 Å². The summed E-state index contributed by atoms with van der Waals surface area (Å²) in [6.07, 6.45) is 1.98. The first kappa shape index (κ1) is 23.8. The van der Waals surface area contributed by atoms with Crippen LogP contribution >= 0.6 is 23.5 Å². The third-order valence-corrected chi connectivity index (χ3v) is 6.60. The topological polar surface area (TPSA) is 52.7 Å². The van der Waals surface area contributed by atoms with Crippen molar-refractivity contribution in [3.63, 3.8) is 0 Å². The van der Waals surface area contributed by atoms with E-state index in [1.165, 1.54) is 23.5 Å². The minimum Gasteiger partial charge on any atom is -0.271 e. The van der Waals surface area contributed by atoms with Crippen LogP contribution in [-0.4, -0.2) is 27.5 Å². The highest BCUT2D eigenvalue weighted by Gasteiger charge is 2.35. The van der Waals surface area contributed by atoms with Crippen molar-refractivity contribution in [3.8, 4) is 0 Å². The second-order valence-corrected chi connectivity index (χ2v) is 9.35. The van der Waals surface area contributed by atoms with E-state index in [0.29, 0.717) is 5.17 Å². The molecule has 36 heavy (non-hydrogen) atoms. The third kappa shape index (κ3) is 5.82. The molecule has 0 unspecified atom stereocenters. The molecular formula is C29H23N5S2. The van der Waals surface area contributed by atoms with E-state index < -0.39 is 0 Å². The molecule has 4 aromatic rings. The molecule has 0 radical (unpaired) electrons. The first-order valence-electron chi connectivity index (χ1n) is 11.4. The Hall–Kier alpha value is -3.94. The molecule has 4 aromatic carbocycles. The molecule has 0 atom stereocenters. The lowest BCUT2D eigenvalue weighted by Gasteiger charge is -2.18. The number of benzene rings is 4. The maximum absolute atomic E-state index is 5.02. The molecule has 1 aliphatic rings. The zero-order chi connectivity index (χ0) is 24.6. The third-order valence-electron chi connectivity index (χ3n) is 5.13. The first-order valence-corrected chi connectivity index (χ1v) is 13.4. The molecule has 5 rings (SSSR count). The van der Waals surface area contributed by atoms with Gasteiger partial charge >= 0.3 is 0 Å². The van der Waals surface area contributed by atoms with Crippen molar-refractivity contribution >= 4 is 67.5 Å². The highest BCUT2D eigenvalue weighted by atomic mass is 32.2. The average Bonchev–Trinajstić information content (AvgIpc) is 3.26. The van der Waals surface area contributed by atoms with Gasteiger partial charge in [0.1, 0.15) is 5.04 Å². The van der Waals surface area contributed by atoms with E-state index in [1.807, 2.05) is 115 Å². The molecule has 0 bridgehead atoms. The Balaban J connectivity index is 1.67.